The summed E-state index contributed by atoms with van der Waals surface area (Å²) >= 11 is 0. The molecule has 0 atom stereocenters. The second kappa shape index (κ2) is 7.84. The van der Waals surface area contributed by atoms with Crippen LogP contribution < -0.4 is 9.47 Å². The average molecular weight is 310 g/mol. The normalized spacial score (nSPS) is 10.3. The fraction of sp³-hybridized carbons (Fsp3) is 0.105. The van der Waals surface area contributed by atoms with Crippen molar-refractivity contribution in [3.63, 3.8) is 0 Å². The van der Waals surface area contributed by atoms with E-state index in [1.165, 1.54) is 6.08 Å². The van der Waals surface area contributed by atoms with Gasteiger partial charge in [0.2, 0.25) is 0 Å². The lowest BCUT2D eigenvalue weighted by atomic mass is 9.97. The summed E-state index contributed by atoms with van der Waals surface area (Å²) < 4.78 is 10.3. The van der Waals surface area contributed by atoms with Crippen molar-refractivity contribution in [1.29, 1.82) is 0 Å². The molecule has 23 heavy (non-hydrogen) atoms. The molecular weight excluding hydrogens is 292 g/mol. The first-order valence-corrected chi connectivity index (χ1v) is 7.04. The zero-order valence-electron chi connectivity index (χ0n) is 13.0. The summed E-state index contributed by atoms with van der Waals surface area (Å²) in [6.45, 7) is 0. The Bertz CT molecular complexity index is 661. The average Bonchev–Trinajstić information content (AvgIpc) is 2.59. The number of carboxylic acid groups (broad SMARTS) is 1. The van der Waals surface area contributed by atoms with E-state index in [4.69, 9.17) is 14.6 Å². The summed E-state index contributed by atoms with van der Waals surface area (Å²) in [6, 6.07) is 15.2. The van der Waals surface area contributed by atoms with Crippen molar-refractivity contribution in [2.45, 2.75) is 0 Å². The maximum atomic E-state index is 10.7. The van der Waals surface area contributed by atoms with Crippen LogP contribution in [0.1, 0.15) is 11.1 Å². The molecule has 1 N–H and O–H groups in total. The van der Waals surface area contributed by atoms with Crippen molar-refractivity contribution < 1.29 is 19.4 Å². The summed E-state index contributed by atoms with van der Waals surface area (Å²) in [7, 11) is 3.23. The molecule has 118 valence electrons. The Balaban J connectivity index is 2.42. The second-order valence-corrected chi connectivity index (χ2v) is 4.73. The van der Waals surface area contributed by atoms with Gasteiger partial charge >= 0.3 is 5.97 Å². The highest BCUT2D eigenvalue weighted by Crippen LogP contribution is 2.27. The Hall–Kier alpha value is -3.01. The van der Waals surface area contributed by atoms with E-state index in [0.717, 1.165) is 34.3 Å². The number of ether oxygens (including phenoxy) is 2. The molecule has 0 saturated carbocycles. The van der Waals surface area contributed by atoms with Crippen molar-refractivity contribution in [2.24, 2.45) is 0 Å². The van der Waals surface area contributed by atoms with Gasteiger partial charge in [0.25, 0.3) is 0 Å². The van der Waals surface area contributed by atoms with E-state index < -0.39 is 5.97 Å². The van der Waals surface area contributed by atoms with E-state index in [-0.39, 0.29) is 0 Å². The van der Waals surface area contributed by atoms with Crippen LogP contribution >= 0.6 is 0 Å². The van der Waals surface area contributed by atoms with Gasteiger partial charge in [-0.15, -0.1) is 0 Å². The monoisotopic (exact) mass is 310 g/mol. The van der Waals surface area contributed by atoms with Crippen LogP contribution in [-0.2, 0) is 4.79 Å². The summed E-state index contributed by atoms with van der Waals surface area (Å²) in [5.41, 5.74) is 2.84. The number of methoxy groups -OCH3 is 2. The van der Waals surface area contributed by atoms with Crippen LogP contribution in [0.2, 0.25) is 0 Å². The van der Waals surface area contributed by atoms with Crippen molar-refractivity contribution in [2.75, 3.05) is 14.2 Å². The number of rotatable bonds is 6. The van der Waals surface area contributed by atoms with Gasteiger partial charge in [-0.1, -0.05) is 36.4 Å². The Kier molecular flexibility index (Phi) is 5.58. The summed E-state index contributed by atoms with van der Waals surface area (Å²) in [4.78, 5) is 10.7. The second-order valence-electron chi connectivity index (χ2n) is 4.73. The number of carboxylic acids is 1. The maximum Gasteiger partial charge on any atom is 0.328 e. The van der Waals surface area contributed by atoms with E-state index >= 15 is 0 Å². The van der Waals surface area contributed by atoms with Crippen LogP contribution in [0.15, 0.2) is 66.8 Å². The Labute approximate surface area is 135 Å². The van der Waals surface area contributed by atoms with Gasteiger partial charge in [-0.3, -0.25) is 0 Å². The van der Waals surface area contributed by atoms with Gasteiger partial charge in [0, 0.05) is 6.08 Å². The van der Waals surface area contributed by atoms with Gasteiger partial charge < -0.3 is 14.6 Å². The predicted molar refractivity (Wildman–Crippen MR) is 89.8 cm³/mol. The van der Waals surface area contributed by atoms with Gasteiger partial charge in [0.1, 0.15) is 11.5 Å². The topological polar surface area (TPSA) is 55.8 Å². The molecule has 0 heterocycles. The molecule has 0 aliphatic carbocycles. The standard InChI is InChI=1S/C19H18O4/c1-22-16-10-6-14(7-11-16)18(4-3-5-19(20)21)15-8-12-17(23-2)13-9-15/h3-13H,1-2H3,(H,20,21)/b5-3+. The van der Waals surface area contributed by atoms with Gasteiger partial charge in [-0.05, 0) is 41.0 Å². The molecule has 0 aliphatic heterocycles. The first-order valence-electron chi connectivity index (χ1n) is 7.04. The molecule has 0 spiro atoms. The zero-order chi connectivity index (χ0) is 16.7. The van der Waals surface area contributed by atoms with Crippen LogP contribution in [0.3, 0.4) is 0 Å². The lowest BCUT2D eigenvalue weighted by molar-refractivity contribution is -0.131. The van der Waals surface area contributed by atoms with Crippen LogP contribution in [0.5, 0.6) is 11.5 Å². The minimum atomic E-state index is -0.981. The number of allylic oxidation sites excluding steroid dienone is 2. The summed E-state index contributed by atoms with van der Waals surface area (Å²) in [5.74, 6) is 0.554. The Morgan fingerprint density at radius 3 is 1.65 bits per heavy atom. The molecule has 0 aliphatic rings. The van der Waals surface area contributed by atoms with Gasteiger partial charge in [-0.25, -0.2) is 4.79 Å². The molecule has 0 fully saturated rings. The van der Waals surface area contributed by atoms with Crippen LogP contribution in [0.4, 0.5) is 0 Å². The first kappa shape index (κ1) is 16.4. The Morgan fingerprint density at radius 1 is 0.870 bits per heavy atom. The molecule has 4 nitrogen and oxygen atoms in total. The zero-order valence-corrected chi connectivity index (χ0v) is 13.0. The van der Waals surface area contributed by atoms with Crippen LogP contribution in [0, 0.1) is 0 Å². The molecule has 0 amide bonds. The van der Waals surface area contributed by atoms with Crippen molar-refractivity contribution in [3.8, 4) is 11.5 Å². The SMILES string of the molecule is COc1ccc(C(=C/C=C/C(=O)O)c2ccc(OC)cc2)cc1. The van der Waals surface area contributed by atoms with E-state index in [1.807, 2.05) is 48.5 Å². The number of aliphatic carboxylic acids is 1. The van der Waals surface area contributed by atoms with E-state index in [2.05, 4.69) is 0 Å². The fourth-order valence-electron chi connectivity index (χ4n) is 2.13. The van der Waals surface area contributed by atoms with E-state index in [1.54, 1.807) is 20.3 Å². The number of hydrogen-bond donors (Lipinski definition) is 1. The van der Waals surface area contributed by atoms with Crippen LogP contribution in [0.25, 0.3) is 5.57 Å². The van der Waals surface area contributed by atoms with Crippen LogP contribution in [-0.4, -0.2) is 25.3 Å². The van der Waals surface area contributed by atoms with Gasteiger partial charge in [0.05, 0.1) is 14.2 Å². The number of benzene rings is 2. The summed E-state index contributed by atoms with van der Waals surface area (Å²) in [6.07, 6.45) is 4.40. The maximum absolute atomic E-state index is 10.7. The summed E-state index contributed by atoms with van der Waals surface area (Å²) in [5, 5.41) is 8.75. The lowest BCUT2D eigenvalue weighted by Gasteiger charge is -2.10. The molecule has 2 aromatic rings. The first-order chi connectivity index (χ1) is 11.1. The fourth-order valence-corrected chi connectivity index (χ4v) is 2.13. The molecule has 2 rings (SSSR count). The molecule has 4 heteroatoms. The molecule has 0 aromatic heterocycles. The molecule has 0 unspecified atom stereocenters. The molecule has 0 bridgehead atoms. The highest BCUT2D eigenvalue weighted by molar-refractivity contribution is 5.84. The molecule has 0 radical (unpaired) electrons. The minimum absolute atomic E-state index is 0.768. The van der Waals surface area contributed by atoms with E-state index in [9.17, 15) is 4.79 Å². The minimum Gasteiger partial charge on any atom is -0.497 e. The largest absolute Gasteiger partial charge is 0.497 e. The van der Waals surface area contributed by atoms with E-state index in [0.29, 0.717) is 0 Å². The Morgan fingerprint density at radius 2 is 1.30 bits per heavy atom. The predicted octanol–water partition coefficient (Wildman–Crippen LogP) is 3.78. The third-order valence-electron chi connectivity index (χ3n) is 3.30. The molecule has 0 saturated heterocycles. The number of hydrogen-bond acceptors (Lipinski definition) is 3. The highest BCUT2D eigenvalue weighted by atomic mass is 16.5. The van der Waals surface area contributed by atoms with Crippen molar-refractivity contribution in [1.82, 2.24) is 0 Å². The van der Waals surface area contributed by atoms with Gasteiger partial charge in [-0.2, -0.15) is 0 Å². The number of carbonyl (C=O) groups is 1. The van der Waals surface area contributed by atoms with Crippen molar-refractivity contribution >= 4 is 11.5 Å². The van der Waals surface area contributed by atoms with Crippen molar-refractivity contribution in [3.05, 3.63) is 77.9 Å². The highest BCUT2D eigenvalue weighted by Gasteiger charge is 2.05. The third kappa shape index (κ3) is 4.48. The third-order valence-corrected chi connectivity index (χ3v) is 3.30. The molecule has 2 aromatic carbocycles. The molecular formula is C19H18O4. The lowest BCUT2D eigenvalue weighted by Crippen LogP contribution is -1.91. The quantitative estimate of drug-likeness (QED) is 0.652. The smallest absolute Gasteiger partial charge is 0.328 e. The van der Waals surface area contributed by atoms with Gasteiger partial charge in [0.15, 0.2) is 0 Å².